The van der Waals surface area contributed by atoms with Gasteiger partial charge in [0.2, 0.25) is 5.13 Å². The summed E-state index contributed by atoms with van der Waals surface area (Å²) in [5, 5.41) is 24.4. The van der Waals surface area contributed by atoms with Crippen molar-refractivity contribution >= 4 is 45.7 Å². The molecule has 4 aromatic rings. The summed E-state index contributed by atoms with van der Waals surface area (Å²) in [4.78, 5) is 12.4. The number of hydrogen-bond acceptors (Lipinski definition) is 8. The second kappa shape index (κ2) is 9.09. The predicted octanol–water partition coefficient (Wildman–Crippen LogP) is 5.26. The van der Waals surface area contributed by atoms with Crippen molar-refractivity contribution in [2.24, 2.45) is 0 Å². The number of benzene rings is 2. The smallest absolute Gasteiger partial charge is 0.279 e. The zero-order valence-corrected chi connectivity index (χ0v) is 17.6. The third kappa shape index (κ3) is 4.86. The lowest BCUT2D eigenvalue weighted by Crippen LogP contribution is -2.11. The summed E-state index contributed by atoms with van der Waals surface area (Å²) in [6.45, 7) is 0. The van der Waals surface area contributed by atoms with Crippen LogP contribution in [-0.4, -0.2) is 21.3 Å². The van der Waals surface area contributed by atoms with E-state index in [9.17, 15) is 4.79 Å². The Hall–Kier alpha value is -3.19. The predicted molar refractivity (Wildman–Crippen MR) is 116 cm³/mol. The highest BCUT2D eigenvalue weighted by Crippen LogP contribution is 2.29. The molecule has 0 bridgehead atoms. The summed E-state index contributed by atoms with van der Waals surface area (Å²) in [5.74, 6) is 0.716. The number of thioether (sulfide) groups is 1. The lowest BCUT2D eigenvalue weighted by molar-refractivity contribution is 0.101. The summed E-state index contributed by atoms with van der Waals surface area (Å²) in [7, 11) is 0. The first-order valence-electron chi connectivity index (χ1n) is 8.60. The van der Waals surface area contributed by atoms with Crippen LogP contribution < -0.4 is 5.32 Å². The van der Waals surface area contributed by atoms with Gasteiger partial charge in [0.15, 0.2) is 15.8 Å². The van der Waals surface area contributed by atoms with Crippen LogP contribution >= 0.6 is 34.7 Å². The van der Waals surface area contributed by atoms with Crippen LogP contribution in [0.2, 0.25) is 5.02 Å². The number of anilines is 1. The number of carbonyl (C=O) groups is 1. The van der Waals surface area contributed by atoms with Crippen molar-refractivity contribution in [1.29, 1.82) is 5.26 Å². The van der Waals surface area contributed by atoms with Crippen molar-refractivity contribution in [3.05, 3.63) is 76.4 Å². The second-order valence-electron chi connectivity index (χ2n) is 6.01. The Kier molecular flexibility index (Phi) is 6.09. The highest BCUT2D eigenvalue weighted by molar-refractivity contribution is 8.00. The van der Waals surface area contributed by atoms with Crippen molar-refractivity contribution in [1.82, 2.24) is 15.4 Å². The van der Waals surface area contributed by atoms with Gasteiger partial charge in [-0.2, -0.15) is 5.26 Å². The summed E-state index contributed by atoms with van der Waals surface area (Å²) in [5.41, 5.74) is 2.60. The molecule has 0 aliphatic rings. The Morgan fingerprint density at radius 3 is 2.67 bits per heavy atom. The van der Waals surface area contributed by atoms with E-state index in [0.717, 1.165) is 15.5 Å². The zero-order chi connectivity index (χ0) is 20.9. The third-order valence-electron chi connectivity index (χ3n) is 3.94. The molecule has 2 heterocycles. The molecule has 4 rings (SSSR count). The second-order valence-corrected chi connectivity index (χ2v) is 8.64. The molecule has 10 heteroatoms. The summed E-state index contributed by atoms with van der Waals surface area (Å²) < 4.78 is 5.97. The molecular formula is C20H12ClN5O2S2. The van der Waals surface area contributed by atoms with E-state index in [1.807, 2.05) is 12.1 Å². The van der Waals surface area contributed by atoms with Gasteiger partial charge in [0, 0.05) is 22.4 Å². The van der Waals surface area contributed by atoms with Crippen molar-refractivity contribution in [2.75, 3.05) is 5.32 Å². The first-order chi connectivity index (χ1) is 14.6. The van der Waals surface area contributed by atoms with Gasteiger partial charge in [-0.05, 0) is 42.0 Å². The van der Waals surface area contributed by atoms with Gasteiger partial charge in [-0.25, -0.2) is 0 Å². The molecule has 30 heavy (non-hydrogen) atoms. The molecule has 0 fully saturated rings. The molecule has 0 saturated heterocycles. The van der Waals surface area contributed by atoms with E-state index in [-0.39, 0.29) is 5.69 Å². The number of nitrogens with zero attached hydrogens (tertiary/aromatic N) is 4. The standard InChI is InChI=1S/C20H12ClN5O2S2/c21-15-7-5-14(6-8-15)17-9-16(26-28-17)18(27)23-19-24-25-20(30-19)29-11-13-3-1-12(10-22)2-4-13/h1-9H,11H2,(H,23,24,27). The van der Waals surface area contributed by atoms with Gasteiger partial charge in [0.25, 0.3) is 5.91 Å². The SMILES string of the molecule is N#Cc1ccc(CSc2nnc(NC(=O)c3cc(-c4ccc(Cl)cc4)on3)s2)cc1. The monoisotopic (exact) mass is 453 g/mol. The summed E-state index contributed by atoms with van der Waals surface area (Å²) >= 11 is 8.65. The molecule has 2 aromatic heterocycles. The van der Waals surface area contributed by atoms with Gasteiger partial charge < -0.3 is 4.52 Å². The Balaban J connectivity index is 1.35. The molecule has 1 amide bonds. The lowest BCUT2D eigenvalue weighted by atomic mass is 10.1. The van der Waals surface area contributed by atoms with Crippen LogP contribution in [0.4, 0.5) is 5.13 Å². The topological polar surface area (TPSA) is 105 Å². The number of carbonyl (C=O) groups excluding carboxylic acids is 1. The molecule has 2 aromatic carbocycles. The molecule has 7 nitrogen and oxygen atoms in total. The maximum atomic E-state index is 12.4. The van der Waals surface area contributed by atoms with E-state index in [2.05, 4.69) is 26.7 Å². The Labute approximate surface area is 184 Å². The van der Waals surface area contributed by atoms with E-state index in [0.29, 0.717) is 27.2 Å². The minimum absolute atomic E-state index is 0.141. The Morgan fingerprint density at radius 2 is 1.93 bits per heavy atom. The molecule has 1 N–H and O–H groups in total. The zero-order valence-electron chi connectivity index (χ0n) is 15.2. The number of amides is 1. The number of aromatic nitrogens is 3. The van der Waals surface area contributed by atoms with Crippen molar-refractivity contribution in [3.63, 3.8) is 0 Å². The van der Waals surface area contributed by atoms with Crippen molar-refractivity contribution in [3.8, 4) is 17.4 Å². The molecule has 0 aliphatic carbocycles. The van der Waals surface area contributed by atoms with Crippen LogP contribution in [0.5, 0.6) is 0 Å². The lowest BCUT2D eigenvalue weighted by Gasteiger charge is -1.98. The normalized spacial score (nSPS) is 10.5. The highest BCUT2D eigenvalue weighted by atomic mass is 35.5. The molecule has 0 unspecified atom stereocenters. The molecule has 0 radical (unpaired) electrons. The van der Waals surface area contributed by atoms with E-state index in [1.54, 1.807) is 42.5 Å². The van der Waals surface area contributed by atoms with Crippen molar-refractivity contribution in [2.45, 2.75) is 10.1 Å². The minimum Gasteiger partial charge on any atom is -0.355 e. The van der Waals surface area contributed by atoms with Crippen LogP contribution in [0.25, 0.3) is 11.3 Å². The van der Waals surface area contributed by atoms with E-state index >= 15 is 0 Å². The van der Waals surface area contributed by atoms with Crippen LogP contribution in [0, 0.1) is 11.3 Å². The summed E-state index contributed by atoms with van der Waals surface area (Å²) in [6.07, 6.45) is 0. The van der Waals surface area contributed by atoms with Gasteiger partial charge in [-0.3, -0.25) is 10.1 Å². The number of rotatable bonds is 6. The van der Waals surface area contributed by atoms with E-state index in [4.69, 9.17) is 21.4 Å². The summed E-state index contributed by atoms with van der Waals surface area (Å²) in [6, 6.07) is 18.0. The van der Waals surface area contributed by atoms with Crippen LogP contribution in [-0.2, 0) is 5.75 Å². The molecule has 0 saturated carbocycles. The van der Waals surface area contributed by atoms with Gasteiger partial charge in [0.1, 0.15) is 0 Å². The van der Waals surface area contributed by atoms with Gasteiger partial charge >= 0.3 is 0 Å². The van der Waals surface area contributed by atoms with Crippen LogP contribution in [0.15, 0.2) is 63.5 Å². The fourth-order valence-electron chi connectivity index (χ4n) is 2.43. The first kappa shape index (κ1) is 20.1. The molecule has 0 spiro atoms. The van der Waals surface area contributed by atoms with Gasteiger partial charge in [-0.15, -0.1) is 10.2 Å². The van der Waals surface area contributed by atoms with Crippen LogP contribution in [0.1, 0.15) is 21.6 Å². The molecular weight excluding hydrogens is 442 g/mol. The molecule has 0 atom stereocenters. The van der Waals surface area contributed by atoms with Gasteiger partial charge in [-0.1, -0.05) is 52.0 Å². The quantitative estimate of drug-likeness (QED) is 0.313. The number of hydrogen-bond donors (Lipinski definition) is 1. The van der Waals surface area contributed by atoms with E-state index < -0.39 is 5.91 Å². The van der Waals surface area contributed by atoms with E-state index in [1.165, 1.54) is 23.1 Å². The van der Waals surface area contributed by atoms with Crippen molar-refractivity contribution < 1.29 is 9.32 Å². The van der Waals surface area contributed by atoms with Gasteiger partial charge in [0.05, 0.1) is 11.6 Å². The number of nitriles is 1. The Morgan fingerprint density at radius 1 is 1.17 bits per heavy atom. The minimum atomic E-state index is -0.432. The molecule has 0 aliphatic heterocycles. The average molecular weight is 454 g/mol. The maximum Gasteiger partial charge on any atom is 0.279 e. The third-order valence-corrected chi connectivity index (χ3v) is 6.24. The largest absolute Gasteiger partial charge is 0.355 e. The number of halogens is 1. The fraction of sp³-hybridized carbons (Fsp3) is 0.0500. The average Bonchev–Trinajstić information content (AvgIpc) is 3.43. The first-order valence-corrected chi connectivity index (χ1v) is 10.8. The number of nitrogens with one attached hydrogen (secondary N) is 1. The highest BCUT2D eigenvalue weighted by Gasteiger charge is 2.16. The fourth-order valence-corrected chi connectivity index (χ4v) is 4.26. The molecule has 148 valence electrons. The Bertz CT molecular complexity index is 1210. The van der Waals surface area contributed by atoms with Crippen LogP contribution in [0.3, 0.4) is 0 Å². The maximum absolute atomic E-state index is 12.4.